The van der Waals surface area contributed by atoms with E-state index in [1.54, 1.807) is 0 Å². The SMILES string of the molecule is CS(=O)(=O)c1c(NC2CCNCC2)nn(CC(=O)O)c1N. The molecule has 118 valence electrons. The maximum Gasteiger partial charge on any atom is 0.325 e. The summed E-state index contributed by atoms with van der Waals surface area (Å²) in [5.41, 5.74) is 5.75. The minimum Gasteiger partial charge on any atom is -0.480 e. The minimum atomic E-state index is -3.61. The molecule has 1 aliphatic rings. The van der Waals surface area contributed by atoms with Gasteiger partial charge in [-0.2, -0.15) is 5.10 Å². The number of rotatable bonds is 5. The molecule has 0 aliphatic carbocycles. The number of nitrogen functional groups attached to an aromatic ring is 1. The van der Waals surface area contributed by atoms with Gasteiger partial charge in [0.05, 0.1) is 0 Å². The van der Waals surface area contributed by atoms with Crippen molar-refractivity contribution in [2.24, 2.45) is 0 Å². The number of carboxylic acid groups (broad SMARTS) is 1. The minimum absolute atomic E-state index is 0.0827. The summed E-state index contributed by atoms with van der Waals surface area (Å²) in [4.78, 5) is 10.6. The summed E-state index contributed by atoms with van der Waals surface area (Å²) in [6, 6.07) is 0.0827. The van der Waals surface area contributed by atoms with Crippen molar-refractivity contribution >= 4 is 27.4 Å². The first-order valence-corrected chi connectivity index (χ1v) is 8.43. The Hall–Kier alpha value is -1.81. The van der Waals surface area contributed by atoms with Crippen molar-refractivity contribution < 1.29 is 18.3 Å². The van der Waals surface area contributed by atoms with E-state index in [2.05, 4.69) is 15.7 Å². The van der Waals surface area contributed by atoms with Crippen LogP contribution in [0.5, 0.6) is 0 Å². The second-order valence-electron chi connectivity index (χ2n) is 5.06. The second kappa shape index (κ2) is 5.90. The molecule has 0 atom stereocenters. The lowest BCUT2D eigenvalue weighted by atomic mass is 10.1. The number of carbonyl (C=O) groups is 1. The first kappa shape index (κ1) is 15.6. The van der Waals surface area contributed by atoms with Gasteiger partial charge in [-0.1, -0.05) is 0 Å². The van der Waals surface area contributed by atoms with Gasteiger partial charge in [0.1, 0.15) is 12.4 Å². The van der Waals surface area contributed by atoms with Gasteiger partial charge in [-0.15, -0.1) is 0 Å². The summed E-state index contributed by atoms with van der Waals surface area (Å²) < 4.78 is 24.8. The molecule has 0 amide bonds. The molecule has 0 bridgehead atoms. The summed E-state index contributed by atoms with van der Waals surface area (Å²) in [6.07, 6.45) is 2.68. The Balaban J connectivity index is 2.35. The van der Waals surface area contributed by atoms with Crippen LogP contribution in [0.25, 0.3) is 0 Å². The number of aliphatic carboxylic acids is 1. The van der Waals surface area contributed by atoms with Crippen molar-refractivity contribution in [2.45, 2.75) is 30.3 Å². The summed E-state index contributed by atoms with van der Waals surface area (Å²) >= 11 is 0. The highest BCUT2D eigenvalue weighted by Gasteiger charge is 2.26. The van der Waals surface area contributed by atoms with Crippen molar-refractivity contribution in [1.82, 2.24) is 15.1 Å². The number of anilines is 2. The van der Waals surface area contributed by atoms with Crippen molar-refractivity contribution in [2.75, 3.05) is 30.4 Å². The quantitative estimate of drug-likeness (QED) is 0.549. The number of hydrogen-bond donors (Lipinski definition) is 4. The molecule has 0 radical (unpaired) electrons. The Labute approximate surface area is 122 Å². The van der Waals surface area contributed by atoms with Crippen molar-refractivity contribution in [3.05, 3.63) is 0 Å². The van der Waals surface area contributed by atoms with E-state index in [-0.39, 0.29) is 22.6 Å². The van der Waals surface area contributed by atoms with E-state index in [1.807, 2.05) is 0 Å². The summed E-state index contributed by atoms with van der Waals surface area (Å²) in [5.74, 6) is -1.17. The Morgan fingerprint density at radius 2 is 2.14 bits per heavy atom. The molecule has 1 saturated heterocycles. The predicted molar refractivity (Wildman–Crippen MR) is 76.9 cm³/mol. The third kappa shape index (κ3) is 3.64. The normalized spacial score (nSPS) is 16.8. The number of sulfone groups is 1. The second-order valence-corrected chi connectivity index (χ2v) is 7.01. The predicted octanol–water partition coefficient (Wildman–Crippen LogP) is -0.883. The van der Waals surface area contributed by atoms with Gasteiger partial charge in [0.15, 0.2) is 20.6 Å². The number of nitrogens with two attached hydrogens (primary N) is 1. The van der Waals surface area contributed by atoms with Crippen LogP contribution in [-0.4, -0.2) is 54.7 Å². The molecule has 0 unspecified atom stereocenters. The molecule has 0 spiro atoms. The van der Waals surface area contributed by atoms with E-state index < -0.39 is 22.4 Å². The summed E-state index contributed by atoms with van der Waals surface area (Å²) in [6.45, 7) is 1.18. The molecule has 0 aromatic carbocycles. The smallest absolute Gasteiger partial charge is 0.325 e. The Morgan fingerprint density at radius 3 is 2.67 bits per heavy atom. The van der Waals surface area contributed by atoms with Crippen LogP contribution >= 0.6 is 0 Å². The molecule has 9 nitrogen and oxygen atoms in total. The highest BCUT2D eigenvalue weighted by atomic mass is 32.2. The van der Waals surface area contributed by atoms with Gasteiger partial charge >= 0.3 is 5.97 Å². The molecule has 0 saturated carbocycles. The zero-order valence-corrected chi connectivity index (χ0v) is 12.5. The van der Waals surface area contributed by atoms with E-state index in [0.29, 0.717) is 0 Å². The maximum atomic E-state index is 11.9. The first-order valence-electron chi connectivity index (χ1n) is 6.54. The van der Waals surface area contributed by atoms with Crippen molar-refractivity contribution in [1.29, 1.82) is 0 Å². The molecular weight excluding hydrogens is 298 g/mol. The van der Waals surface area contributed by atoms with E-state index in [4.69, 9.17) is 10.8 Å². The van der Waals surface area contributed by atoms with E-state index in [9.17, 15) is 13.2 Å². The Kier molecular flexibility index (Phi) is 4.37. The van der Waals surface area contributed by atoms with Crippen LogP contribution in [0.15, 0.2) is 4.90 Å². The zero-order chi connectivity index (χ0) is 15.6. The van der Waals surface area contributed by atoms with Crippen LogP contribution in [0.2, 0.25) is 0 Å². The Morgan fingerprint density at radius 1 is 1.52 bits per heavy atom. The van der Waals surface area contributed by atoms with Gasteiger partial charge < -0.3 is 21.5 Å². The molecule has 10 heteroatoms. The molecule has 1 aromatic rings. The lowest BCUT2D eigenvalue weighted by Gasteiger charge is -2.23. The van der Waals surface area contributed by atoms with Gasteiger partial charge in [0.2, 0.25) is 0 Å². The number of carboxylic acids is 1. The fourth-order valence-electron chi connectivity index (χ4n) is 2.33. The molecule has 5 N–H and O–H groups in total. The zero-order valence-electron chi connectivity index (χ0n) is 11.7. The van der Waals surface area contributed by atoms with Crippen LogP contribution in [0.4, 0.5) is 11.6 Å². The molecule has 1 aliphatic heterocycles. The van der Waals surface area contributed by atoms with Gasteiger partial charge in [-0.3, -0.25) is 4.79 Å². The molecule has 21 heavy (non-hydrogen) atoms. The fourth-order valence-corrected chi connectivity index (χ4v) is 3.26. The van der Waals surface area contributed by atoms with E-state index in [0.717, 1.165) is 36.9 Å². The van der Waals surface area contributed by atoms with Crippen LogP contribution in [0.3, 0.4) is 0 Å². The van der Waals surface area contributed by atoms with Gasteiger partial charge in [0.25, 0.3) is 0 Å². The van der Waals surface area contributed by atoms with Crippen molar-refractivity contribution in [3.8, 4) is 0 Å². The van der Waals surface area contributed by atoms with Gasteiger partial charge in [-0.05, 0) is 25.9 Å². The van der Waals surface area contributed by atoms with Gasteiger partial charge in [-0.25, -0.2) is 13.1 Å². The summed E-state index contributed by atoms with van der Waals surface area (Å²) in [7, 11) is -3.61. The molecular formula is C11H19N5O4S. The summed E-state index contributed by atoms with van der Waals surface area (Å²) in [5, 5.41) is 19.1. The largest absolute Gasteiger partial charge is 0.480 e. The third-order valence-electron chi connectivity index (χ3n) is 3.28. The van der Waals surface area contributed by atoms with Crippen LogP contribution in [-0.2, 0) is 21.2 Å². The van der Waals surface area contributed by atoms with Crippen LogP contribution in [0.1, 0.15) is 12.8 Å². The number of nitrogens with one attached hydrogen (secondary N) is 2. The topological polar surface area (TPSA) is 139 Å². The molecule has 2 heterocycles. The lowest BCUT2D eigenvalue weighted by molar-refractivity contribution is -0.137. The Bertz CT molecular complexity index is 633. The number of piperidine rings is 1. The van der Waals surface area contributed by atoms with Crippen LogP contribution in [0, 0.1) is 0 Å². The lowest BCUT2D eigenvalue weighted by Crippen LogP contribution is -2.35. The average Bonchev–Trinajstić information content (AvgIpc) is 2.66. The molecule has 1 aromatic heterocycles. The number of hydrogen-bond acceptors (Lipinski definition) is 7. The van der Waals surface area contributed by atoms with E-state index >= 15 is 0 Å². The monoisotopic (exact) mass is 317 g/mol. The highest BCUT2D eigenvalue weighted by Crippen LogP contribution is 2.28. The highest BCUT2D eigenvalue weighted by molar-refractivity contribution is 7.91. The van der Waals surface area contributed by atoms with Gasteiger partial charge in [0, 0.05) is 12.3 Å². The molecule has 1 fully saturated rings. The van der Waals surface area contributed by atoms with Crippen LogP contribution < -0.4 is 16.4 Å². The van der Waals surface area contributed by atoms with E-state index in [1.165, 1.54) is 0 Å². The fraction of sp³-hybridized carbons (Fsp3) is 0.636. The molecule has 2 rings (SSSR count). The maximum absolute atomic E-state index is 11.9. The number of aromatic nitrogens is 2. The third-order valence-corrected chi connectivity index (χ3v) is 4.43. The number of nitrogens with zero attached hydrogens (tertiary/aromatic N) is 2. The average molecular weight is 317 g/mol. The van der Waals surface area contributed by atoms with Crippen molar-refractivity contribution in [3.63, 3.8) is 0 Å². The standard InChI is InChI=1S/C11H19N5O4S/c1-21(19,20)9-10(12)16(6-8(17)18)15-11(9)14-7-2-4-13-5-3-7/h7,13H,2-6,12H2,1H3,(H,14,15)(H,17,18). The first-order chi connectivity index (χ1) is 9.79.